The van der Waals surface area contributed by atoms with Crippen molar-refractivity contribution in [1.82, 2.24) is 14.8 Å². The van der Waals surface area contributed by atoms with Crippen LogP contribution in [0.3, 0.4) is 0 Å². The fourth-order valence-corrected chi connectivity index (χ4v) is 2.63. The lowest BCUT2D eigenvalue weighted by atomic mass is 10.1. The van der Waals surface area contributed by atoms with Gasteiger partial charge in [-0.05, 0) is 12.1 Å². The van der Waals surface area contributed by atoms with Crippen molar-refractivity contribution in [2.45, 2.75) is 6.54 Å². The minimum absolute atomic E-state index is 0.0323. The first kappa shape index (κ1) is 15.4. The van der Waals surface area contributed by atoms with E-state index in [1.165, 1.54) is 6.08 Å². The minimum Gasteiger partial charge on any atom is -0.480 e. The van der Waals surface area contributed by atoms with Crippen molar-refractivity contribution in [3.8, 4) is 12.3 Å². The number of imide groups is 1. The smallest absolute Gasteiger partial charge is 0.329 e. The SMILES string of the molecule is C#CCn1cc(C=C2NC(=O)N(CC(=O)O)C2=O)c2ccccc21. The molecule has 24 heavy (non-hydrogen) atoms. The maximum atomic E-state index is 12.2. The van der Waals surface area contributed by atoms with Gasteiger partial charge in [0.1, 0.15) is 12.2 Å². The summed E-state index contributed by atoms with van der Waals surface area (Å²) in [7, 11) is 0. The molecule has 7 nitrogen and oxygen atoms in total. The molecule has 1 saturated heterocycles. The van der Waals surface area contributed by atoms with Crippen molar-refractivity contribution in [1.29, 1.82) is 0 Å². The number of benzene rings is 1. The summed E-state index contributed by atoms with van der Waals surface area (Å²) in [6.07, 6.45) is 8.68. The van der Waals surface area contributed by atoms with Crippen molar-refractivity contribution in [2.24, 2.45) is 0 Å². The summed E-state index contributed by atoms with van der Waals surface area (Å²) >= 11 is 0. The number of para-hydroxylation sites is 1. The van der Waals surface area contributed by atoms with Gasteiger partial charge in [0.05, 0.1) is 6.54 Å². The molecule has 7 heteroatoms. The molecule has 0 atom stereocenters. The maximum Gasteiger partial charge on any atom is 0.329 e. The third-order valence-corrected chi connectivity index (χ3v) is 3.64. The van der Waals surface area contributed by atoms with Gasteiger partial charge >= 0.3 is 12.0 Å². The number of aromatic nitrogens is 1. The summed E-state index contributed by atoms with van der Waals surface area (Å²) in [5, 5.41) is 12.0. The Morgan fingerprint density at radius 2 is 2.08 bits per heavy atom. The van der Waals surface area contributed by atoms with E-state index in [2.05, 4.69) is 11.2 Å². The van der Waals surface area contributed by atoms with Gasteiger partial charge < -0.3 is 15.0 Å². The normalized spacial score (nSPS) is 15.8. The van der Waals surface area contributed by atoms with Crippen LogP contribution in [-0.2, 0) is 16.1 Å². The highest BCUT2D eigenvalue weighted by atomic mass is 16.4. The quantitative estimate of drug-likeness (QED) is 0.503. The summed E-state index contributed by atoms with van der Waals surface area (Å²) in [4.78, 5) is 35.3. The van der Waals surface area contributed by atoms with Gasteiger partial charge in [0.2, 0.25) is 0 Å². The van der Waals surface area contributed by atoms with Crippen molar-refractivity contribution < 1.29 is 19.5 Å². The summed E-state index contributed by atoms with van der Waals surface area (Å²) in [5.41, 5.74) is 1.65. The lowest BCUT2D eigenvalue weighted by Crippen LogP contribution is -2.35. The number of nitrogens with one attached hydrogen (secondary N) is 1. The number of aliphatic carboxylic acids is 1. The molecule has 2 heterocycles. The number of urea groups is 1. The molecule has 1 aromatic carbocycles. The zero-order valence-corrected chi connectivity index (χ0v) is 12.5. The number of carboxylic acid groups (broad SMARTS) is 1. The van der Waals surface area contributed by atoms with E-state index < -0.39 is 24.5 Å². The first-order valence-corrected chi connectivity index (χ1v) is 7.09. The summed E-state index contributed by atoms with van der Waals surface area (Å²) in [6.45, 7) is -0.310. The number of hydrogen-bond donors (Lipinski definition) is 2. The van der Waals surface area contributed by atoms with Gasteiger partial charge in [0.15, 0.2) is 0 Å². The van der Waals surface area contributed by atoms with E-state index >= 15 is 0 Å². The molecule has 1 fully saturated rings. The van der Waals surface area contributed by atoms with Gasteiger partial charge in [-0.1, -0.05) is 24.1 Å². The van der Waals surface area contributed by atoms with E-state index in [9.17, 15) is 14.4 Å². The number of fused-ring (bicyclic) bond motifs is 1. The molecule has 1 aliphatic rings. The van der Waals surface area contributed by atoms with Gasteiger partial charge in [-0.3, -0.25) is 9.59 Å². The lowest BCUT2D eigenvalue weighted by molar-refractivity contribution is -0.140. The molecule has 0 saturated carbocycles. The van der Waals surface area contributed by atoms with Crippen LogP contribution in [0.15, 0.2) is 36.2 Å². The predicted molar refractivity (Wildman–Crippen MR) is 86.6 cm³/mol. The van der Waals surface area contributed by atoms with Crippen molar-refractivity contribution in [3.63, 3.8) is 0 Å². The summed E-state index contributed by atoms with van der Waals surface area (Å²) in [5.74, 6) is 0.631. The Morgan fingerprint density at radius 1 is 1.33 bits per heavy atom. The fraction of sp³-hybridized carbons (Fsp3) is 0.118. The van der Waals surface area contributed by atoms with Gasteiger partial charge in [-0.15, -0.1) is 6.42 Å². The monoisotopic (exact) mass is 323 g/mol. The molecule has 2 N–H and O–H groups in total. The number of amides is 3. The molecule has 1 aromatic heterocycles. The van der Waals surface area contributed by atoms with Crippen LogP contribution >= 0.6 is 0 Å². The number of terminal acetylenes is 1. The molecule has 0 aliphatic carbocycles. The highest BCUT2D eigenvalue weighted by molar-refractivity contribution is 6.15. The third-order valence-electron chi connectivity index (χ3n) is 3.64. The molecule has 3 rings (SSSR count). The predicted octanol–water partition coefficient (Wildman–Crippen LogP) is 1.25. The Balaban J connectivity index is 2.02. The van der Waals surface area contributed by atoms with E-state index in [1.54, 1.807) is 6.20 Å². The first-order chi connectivity index (χ1) is 11.5. The van der Waals surface area contributed by atoms with Gasteiger partial charge in [-0.2, -0.15) is 0 Å². The number of carboxylic acids is 1. The average Bonchev–Trinajstić information content (AvgIpc) is 3.01. The summed E-state index contributed by atoms with van der Waals surface area (Å²) in [6, 6.07) is 6.77. The van der Waals surface area contributed by atoms with Gasteiger partial charge in [-0.25, -0.2) is 9.69 Å². The highest BCUT2D eigenvalue weighted by Gasteiger charge is 2.35. The van der Waals surface area contributed by atoms with E-state index in [4.69, 9.17) is 11.5 Å². The molecule has 1 aliphatic heterocycles. The Hall–Kier alpha value is -3.53. The topological polar surface area (TPSA) is 91.6 Å². The molecule has 2 aromatic rings. The average molecular weight is 323 g/mol. The Labute approximate surface area is 137 Å². The zero-order chi connectivity index (χ0) is 17.3. The maximum absolute atomic E-state index is 12.2. The van der Waals surface area contributed by atoms with Crippen LogP contribution in [0.2, 0.25) is 0 Å². The molecule has 3 amide bonds. The van der Waals surface area contributed by atoms with Gasteiger partial charge in [0.25, 0.3) is 5.91 Å². The van der Waals surface area contributed by atoms with Crippen molar-refractivity contribution >= 4 is 34.9 Å². The summed E-state index contributed by atoms with van der Waals surface area (Å²) < 4.78 is 1.86. The molecular formula is C17H13N3O4. The van der Waals surface area contributed by atoms with Crippen molar-refractivity contribution in [3.05, 3.63) is 41.7 Å². The lowest BCUT2D eigenvalue weighted by Gasteiger charge is -2.06. The van der Waals surface area contributed by atoms with Crippen LogP contribution in [0.25, 0.3) is 17.0 Å². The second-order valence-corrected chi connectivity index (χ2v) is 5.21. The molecular weight excluding hydrogens is 310 g/mol. The largest absolute Gasteiger partial charge is 0.480 e. The minimum atomic E-state index is -1.26. The number of hydrogen-bond acceptors (Lipinski definition) is 3. The van der Waals surface area contributed by atoms with Crippen LogP contribution in [0, 0.1) is 12.3 Å². The van der Waals surface area contributed by atoms with Crippen LogP contribution in [0.4, 0.5) is 4.79 Å². The molecule has 120 valence electrons. The highest BCUT2D eigenvalue weighted by Crippen LogP contribution is 2.24. The standard InChI is InChI=1S/C17H13N3O4/c1-2-7-19-9-11(12-5-3-4-6-14(12)19)8-13-16(23)20(10-15(21)22)17(24)18-13/h1,3-6,8-9H,7,10H2,(H,18,24)(H,21,22). The molecule has 0 unspecified atom stereocenters. The number of carbonyl (C=O) groups excluding carboxylic acids is 2. The van der Waals surface area contributed by atoms with Crippen LogP contribution in [-0.4, -0.2) is 39.0 Å². The Kier molecular flexibility index (Phi) is 3.80. The number of nitrogens with zero attached hydrogens (tertiary/aromatic N) is 2. The Bertz CT molecular complexity index is 933. The van der Waals surface area contributed by atoms with E-state index in [0.29, 0.717) is 17.0 Å². The zero-order valence-electron chi connectivity index (χ0n) is 12.5. The molecule has 0 radical (unpaired) electrons. The fourth-order valence-electron chi connectivity index (χ4n) is 2.63. The second-order valence-electron chi connectivity index (χ2n) is 5.21. The Morgan fingerprint density at radius 3 is 2.79 bits per heavy atom. The molecule has 0 spiro atoms. The second kappa shape index (κ2) is 5.93. The van der Waals surface area contributed by atoms with Gasteiger partial charge in [0, 0.05) is 22.7 Å². The third kappa shape index (κ3) is 2.61. The first-order valence-electron chi connectivity index (χ1n) is 7.09. The number of carbonyl (C=O) groups is 3. The van der Waals surface area contributed by atoms with E-state index in [0.717, 1.165) is 10.9 Å². The number of rotatable bonds is 4. The van der Waals surface area contributed by atoms with E-state index in [1.807, 2.05) is 28.8 Å². The van der Waals surface area contributed by atoms with Crippen LogP contribution < -0.4 is 5.32 Å². The van der Waals surface area contributed by atoms with E-state index in [-0.39, 0.29) is 5.70 Å². The molecule has 0 bridgehead atoms. The van der Waals surface area contributed by atoms with Crippen LogP contribution in [0.5, 0.6) is 0 Å². The van der Waals surface area contributed by atoms with Crippen LogP contribution in [0.1, 0.15) is 5.56 Å². The van der Waals surface area contributed by atoms with Crippen molar-refractivity contribution in [2.75, 3.05) is 6.54 Å².